The molecule has 0 bridgehead atoms. The molecule has 0 saturated carbocycles. The van der Waals surface area contributed by atoms with Crippen LogP contribution in [-0.2, 0) is 13.5 Å². The van der Waals surface area contributed by atoms with E-state index in [2.05, 4.69) is 20.4 Å². The summed E-state index contributed by atoms with van der Waals surface area (Å²) in [4.78, 5) is 8.33. The molecule has 2 heterocycles. The molecule has 0 fully saturated rings. The summed E-state index contributed by atoms with van der Waals surface area (Å²) in [6.07, 6.45) is 5.23. The number of hydrogen-bond acceptors (Lipinski definition) is 5. The Balaban J connectivity index is 2.05. The first-order valence-corrected chi connectivity index (χ1v) is 5.25. The van der Waals surface area contributed by atoms with Crippen LogP contribution in [0.5, 0.6) is 0 Å². The zero-order valence-corrected chi connectivity index (χ0v) is 9.47. The SMILES string of the molecule is CNCCCc1nc(-c2cncn2C)no1. The van der Waals surface area contributed by atoms with Crippen molar-refractivity contribution in [1.29, 1.82) is 0 Å². The van der Waals surface area contributed by atoms with Gasteiger partial charge in [-0.05, 0) is 20.0 Å². The summed E-state index contributed by atoms with van der Waals surface area (Å²) >= 11 is 0. The zero-order chi connectivity index (χ0) is 11.4. The Hall–Kier alpha value is -1.69. The molecule has 0 saturated heterocycles. The van der Waals surface area contributed by atoms with Gasteiger partial charge in [0.2, 0.25) is 11.7 Å². The van der Waals surface area contributed by atoms with E-state index >= 15 is 0 Å². The van der Waals surface area contributed by atoms with Gasteiger partial charge in [-0.1, -0.05) is 5.16 Å². The predicted molar refractivity (Wildman–Crippen MR) is 58.7 cm³/mol. The molecule has 0 radical (unpaired) electrons. The highest BCUT2D eigenvalue weighted by atomic mass is 16.5. The molecule has 0 aliphatic rings. The van der Waals surface area contributed by atoms with Crippen LogP contribution in [0.3, 0.4) is 0 Å². The molecule has 2 aromatic rings. The fourth-order valence-corrected chi connectivity index (χ4v) is 1.45. The molecule has 0 aliphatic heterocycles. The lowest BCUT2D eigenvalue weighted by atomic mass is 10.3. The predicted octanol–water partition coefficient (Wildman–Crippen LogP) is 0.622. The number of nitrogens with zero attached hydrogens (tertiary/aromatic N) is 4. The van der Waals surface area contributed by atoms with Crippen LogP contribution < -0.4 is 5.32 Å². The summed E-state index contributed by atoms with van der Waals surface area (Å²) in [5.41, 5.74) is 0.864. The van der Waals surface area contributed by atoms with E-state index in [0.29, 0.717) is 11.7 Å². The van der Waals surface area contributed by atoms with E-state index in [0.717, 1.165) is 25.1 Å². The van der Waals surface area contributed by atoms with E-state index in [1.54, 1.807) is 12.5 Å². The standard InChI is InChI=1S/C10H15N5O/c1-11-5-3-4-9-13-10(14-16-9)8-6-12-7-15(8)2/h6-7,11H,3-5H2,1-2H3. The van der Waals surface area contributed by atoms with E-state index in [-0.39, 0.29) is 0 Å². The highest BCUT2D eigenvalue weighted by Crippen LogP contribution is 2.14. The van der Waals surface area contributed by atoms with Gasteiger partial charge in [0.05, 0.1) is 12.5 Å². The van der Waals surface area contributed by atoms with E-state index in [9.17, 15) is 0 Å². The third kappa shape index (κ3) is 2.27. The maximum Gasteiger partial charge on any atom is 0.227 e. The van der Waals surface area contributed by atoms with Gasteiger partial charge < -0.3 is 14.4 Å². The van der Waals surface area contributed by atoms with Gasteiger partial charge in [-0.2, -0.15) is 4.98 Å². The molecule has 0 amide bonds. The van der Waals surface area contributed by atoms with E-state index in [1.165, 1.54) is 0 Å². The molecular weight excluding hydrogens is 206 g/mol. The molecule has 16 heavy (non-hydrogen) atoms. The van der Waals surface area contributed by atoms with E-state index in [4.69, 9.17) is 4.52 Å². The normalized spacial score (nSPS) is 10.9. The van der Waals surface area contributed by atoms with E-state index in [1.807, 2.05) is 18.7 Å². The summed E-state index contributed by atoms with van der Waals surface area (Å²) in [7, 11) is 3.83. The average Bonchev–Trinajstić information content (AvgIpc) is 2.87. The minimum atomic E-state index is 0.597. The Bertz CT molecular complexity index is 448. The van der Waals surface area contributed by atoms with Crippen molar-refractivity contribution in [2.24, 2.45) is 7.05 Å². The van der Waals surface area contributed by atoms with Crippen LogP contribution >= 0.6 is 0 Å². The quantitative estimate of drug-likeness (QED) is 0.750. The first-order valence-electron chi connectivity index (χ1n) is 5.25. The average molecular weight is 221 g/mol. The fourth-order valence-electron chi connectivity index (χ4n) is 1.45. The number of aromatic nitrogens is 4. The van der Waals surface area contributed by atoms with Gasteiger partial charge in [0.25, 0.3) is 0 Å². The first kappa shape index (κ1) is 10.8. The summed E-state index contributed by atoms with van der Waals surface area (Å²) in [5.74, 6) is 1.27. The van der Waals surface area contributed by atoms with Gasteiger partial charge in [-0.25, -0.2) is 4.98 Å². The third-order valence-corrected chi connectivity index (χ3v) is 2.33. The van der Waals surface area contributed by atoms with Gasteiger partial charge in [-0.3, -0.25) is 0 Å². The van der Waals surface area contributed by atoms with Crippen molar-refractivity contribution in [3.8, 4) is 11.5 Å². The Kier molecular flexibility index (Phi) is 3.31. The zero-order valence-electron chi connectivity index (χ0n) is 9.47. The maximum atomic E-state index is 5.16. The Morgan fingerprint density at radius 2 is 2.38 bits per heavy atom. The van der Waals surface area contributed by atoms with Gasteiger partial charge in [0.15, 0.2) is 0 Å². The van der Waals surface area contributed by atoms with Crippen molar-refractivity contribution in [3.63, 3.8) is 0 Å². The molecule has 6 nitrogen and oxygen atoms in total. The number of nitrogens with one attached hydrogen (secondary N) is 1. The van der Waals surface area contributed by atoms with Crippen molar-refractivity contribution in [2.45, 2.75) is 12.8 Å². The van der Waals surface area contributed by atoms with Crippen LogP contribution in [0, 0.1) is 0 Å². The number of aryl methyl sites for hydroxylation is 2. The third-order valence-electron chi connectivity index (χ3n) is 2.33. The van der Waals surface area contributed by atoms with Crippen molar-refractivity contribution in [1.82, 2.24) is 25.0 Å². The van der Waals surface area contributed by atoms with Crippen LogP contribution in [-0.4, -0.2) is 33.3 Å². The maximum absolute atomic E-state index is 5.16. The number of rotatable bonds is 5. The first-order chi connectivity index (χ1) is 7.81. The van der Waals surface area contributed by atoms with Crippen molar-refractivity contribution in [3.05, 3.63) is 18.4 Å². The molecule has 0 spiro atoms. The largest absolute Gasteiger partial charge is 0.339 e. The molecule has 0 unspecified atom stereocenters. The smallest absolute Gasteiger partial charge is 0.227 e. The second-order valence-electron chi connectivity index (χ2n) is 3.61. The lowest BCUT2D eigenvalue weighted by Gasteiger charge is -1.94. The molecule has 86 valence electrons. The second kappa shape index (κ2) is 4.89. The van der Waals surface area contributed by atoms with Gasteiger partial charge in [-0.15, -0.1) is 0 Å². The lowest BCUT2D eigenvalue weighted by molar-refractivity contribution is 0.375. The molecular formula is C10H15N5O. The summed E-state index contributed by atoms with van der Waals surface area (Å²) in [5, 5.41) is 7.01. The summed E-state index contributed by atoms with van der Waals surface area (Å²) < 4.78 is 7.02. The fraction of sp³-hybridized carbons (Fsp3) is 0.500. The van der Waals surface area contributed by atoms with Crippen molar-refractivity contribution in [2.75, 3.05) is 13.6 Å². The molecule has 0 atom stereocenters. The van der Waals surface area contributed by atoms with Crippen LogP contribution in [0.25, 0.3) is 11.5 Å². The summed E-state index contributed by atoms with van der Waals surface area (Å²) in [6.45, 7) is 0.948. The van der Waals surface area contributed by atoms with Crippen molar-refractivity contribution < 1.29 is 4.52 Å². The number of imidazole rings is 1. The number of hydrogen-bond donors (Lipinski definition) is 1. The Labute approximate surface area is 93.7 Å². The monoisotopic (exact) mass is 221 g/mol. The van der Waals surface area contributed by atoms with E-state index < -0.39 is 0 Å². The molecule has 6 heteroatoms. The molecule has 0 aliphatic carbocycles. The van der Waals surface area contributed by atoms with Crippen LogP contribution in [0.15, 0.2) is 17.0 Å². The Morgan fingerprint density at radius 1 is 1.50 bits per heavy atom. The molecule has 1 N–H and O–H groups in total. The van der Waals surface area contributed by atoms with Crippen molar-refractivity contribution >= 4 is 0 Å². The lowest BCUT2D eigenvalue weighted by Crippen LogP contribution is -2.08. The topological polar surface area (TPSA) is 68.8 Å². The molecule has 2 aromatic heterocycles. The second-order valence-corrected chi connectivity index (χ2v) is 3.61. The summed E-state index contributed by atoms with van der Waals surface area (Å²) in [6, 6.07) is 0. The van der Waals surface area contributed by atoms with Crippen LogP contribution in [0.1, 0.15) is 12.3 Å². The van der Waals surface area contributed by atoms with Crippen LogP contribution in [0.2, 0.25) is 0 Å². The minimum Gasteiger partial charge on any atom is -0.339 e. The highest BCUT2D eigenvalue weighted by molar-refractivity contribution is 5.46. The highest BCUT2D eigenvalue weighted by Gasteiger charge is 2.10. The van der Waals surface area contributed by atoms with Crippen LogP contribution in [0.4, 0.5) is 0 Å². The Morgan fingerprint density at radius 3 is 3.06 bits per heavy atom. The van der Waals surface area contributed by atoms with Gasteiger partial charge >= 0.3 is 0 Å². The molecule has 0 aromatic carbocycles. The van der Waals surface area contributed by atoms with Gasteiger partial charge in [0, 0.05) is 13.5 Å². The minimum absolute atomic E-state index is 0.597. The molecule has 2 rings (SSSR count). The van der Waals surface area contributed by atoms with Gasteiger partial charge in [0.1, 0.15) is 5.69 Å².